The van der Waals surface area contributed by atoms with Crippen molar-refractivity contribution in [3.05, 3.63) is 58.0 Å². The Hall–Kier alpha value is -2.30. The molecule has 3 aliphatic heterocycles. The number of quaternary nitrogens is 1. The minimum Gasteiger partial charge on any atom is -0.621 e. The van der Waals surface area contributed by atoms with E-state index in [1.807, 2.05) is 13.8 Å². The standard InChI is InChI=1S/C27H33ClN4O4S/c1-3-26-30-18(2)24-16-29-17-25(32(24,26)34)19-8-11-31(12-9-19)27(33)10-13-37(35,36)23-7-5-20-14-22(28)6-4-21(20)15-23/h4-7,14-15,19,25,29H,3,8-13,16-17H2,1-2H3. The first kappa shape index (κ1) is 26.3. The fraction of sp³-hybridized carbons (Fsp3) is 0.481. The van der Waals surface area contributed by atoms with Gasteiger partial charge < -0.3 is 15.4 Å². The normalized spacial score (nSPS) is 24.9. The Bertz CT molecular complexity index is 1400. The van der Waals surface area contributed by atoms with Crippen molar-refractivity contribution in [2.45, 2.75) is 50.5 Å². The number of nitrogens with zero attached hydrogens (tertiary/aromatic N) is 3. The third kappa shape index (κ3) is 4.83. The Kier molecular flexibility index (Phi) is 7.19. The first-order valence-corrected chi connectivity index (χ1v) is 14.9. The van der Waals surface area contributed by atoms with Gasteiger partial charge in [0.25, 0.3) is 0 Å². The van der Waals surface area contributed by atoms with E-state index in [0.717, 1.165) is 35.0 Å². The highest BCUT2D eigenvalue weighted by Crippen LogP contribution is 2.40. The Labute approximate surface area is 223 Å². The molecule has 1 N–H and O–H groups in total. The van der Waals surface area contributed by atoms with Gasteiger partial charge in [-0.3, -0.25) is 9.44 Å². The molecule has 198 valence electrons. The van der Waals surface area contributed by atoms with Crippen LogP contribution in [-0.4, -0.2) is 67.7 Å². The summed E-state index contributed by atoms with van der Waals surface area (Å²) < 4.78 is 25.5. The number of hydroxylamine groups is 3. The Balaban J connectivity index is 1.20. The first-order valence-electron chi connectivity index (χ1n) is 12.9. The van der Waals surface area contributed by atoms with E-state index >= 15 is 0 Å². The number of benzene rings is 2. The van der Waals surface area contributed by atoms with Crippen molar-refractivity contribution in [2.24, 2.45) is 10.9 Å². The van der Waals surface area contributed by atoms with Gasteiger partial charge in [0.2, 0.25) is 11.7 Å². The molecule has 2 fully saturated rings. The minimum absolute atomic E-state index is 0.0586. The second-order valence-corrected chi connectivity index (χ2v) is 12.8. The number of sulfone groups is 1. The van der Waals surface area contributed by atoms with E-state index in [1.165, 1.54) is 0 Å². The number of likely N-dealkylation sites (tertiary alicyclic amines) is 1. The van der Waals surface area contributed by atoms with Crippen molar-refractivity contribution in [1.29, 1.82) is 0 Å². The van der Waals surface area contributed by atoms with Gasteiger partial charge in [0.15, 0.2) is 15.5 Å². The molecule has 8 nitrogen and oxygen atoms in total. The zero-order valence-electron chi connectivity index (χ0n) is 21.2. The highest BCUT2D eigenvalue weighted by atomic mass is 35.5. The van der Waals surface area contributed by atoms with Crippen LogP contribution in [0.4, 0.5) is 0 Å². The number of carbonyl (C=O) groups is 1. The van der Waals surface area contributed by atoms with Crippen molar-refractivity contribution in [1.82, 2.24) is 10.2 Å². The lowest BCUT2D eigenvalue weighted by Gasteiger charge is -2.53. The minimum atomic E-state index is -3.61. The van der Waals surface area contributed by atoms with Gasteiger partial charge in [0, 0.05) is 43.4 Å². The number of rotatable bonds is 6. The van der Waals surface area contributed by atoms with Crippen molar-refractivity contribution in [2.75, 3.05) is 31.9 Å². The third-order valence-corrected chi connectivity index (χ3v) is 10.0. The highest BCUT2D eigenvalue weighted by molar-refractivity contribution is 7.91. The van der Waals surface area contributed by atoms with Gasteiger partial charge in [0.05, 0.1) is 17.2 Å². The van der Waals surface area contributed by atoms with Crippen molar-refractivity contribution < 1.29 is 17.9 Å². The van der Waals surface area contributed by atoms with Crippen LogP contribution in [-0.2, 0) is 14.6 Å². The van der Waals surface area contributed by atoms with E-state index < -0.39 is 14.5 Å². The molecule has 0 radical (unpaired) electrons. The van der Waals surface area contributed by atoms with E-state index in [9.17, 15) is 18.4 Å². The zero-order chi connectivity index (χ0) is 26.4. The van der Waals surface area contributed by atoms with Crippen LogP contribution in [0.25, 0.3) is 10.8 Å². The predicted octanol–water partition coefficient (Wildman–Crippen LogP) is 4.24. The van der Waals surface area contributed by atoms with Crippen LogP contribution < -0.4 is 5.32 Å². The number of piperidine rings is 1. The molecular weight excluding hydrogens is 512 g/mol. The lowest BCUT2D eigenvalue weighted by atomic mass is 9.86. The molecule has 2 atom stereocenters. The number of amidine groups is 1. The maximum absolute atomic E-state index is 14.1. The summed E-state index contributed by atoms with van der Waals surface area (Å²) in [6.45, 7) is 6.16. The van der Waals surface area contributed by atoms with Gasteiger partial charge in [-0.25, -0.2) is 8.42 Å². The van der Waals surface area contributed by atoms with Gasteiger partial charge in [0.1, 0.15) is 11.7 Å². The van der Waals surface area contributed by atoms with Crippen LogP contribution in [0.2, 0.25) is 5.02 Å². The molecule has 0 saturated carbocycles. The molecule has 10 heteroatoms. The van der Waals surface area contributed by atoms with Crippen LogP contribution >= 0.6 is 11.6 Å². The summed E-state index contributed by atoms with van der Waals surface area (Å²) in [7, 11) is -3.61. The average Bonchev–Trinajstić information content (AvgIpc) is 3.16. The van der Waals surface area contributed by atoms with Crippen LogP contribution in [0.3, 0.4) is 0 Å². The molecule has 1 amide bonds. The highest BCUT2D eigenvalue weighted by Gasteiger charge is 2.49. The van der Waals surface area contributed by atoms with Crippen LogP contribution in [0.5, 0.6) is 0 Å². The molecule has 37 heavy (non-hydrogen) atoms. The molecule has 2 unspecified atom stereocenters. The first-order chi connectivity index (χ1) is 17.6. The summed E-state index contributed by atoms with van der Waals surface area (Å²) in [4.78, 5) is 19.5. The smallest absolute Gasteiger partial charge is 0.223 e. The van der Waals surface area contributed by atoms with E-state index in [2.05, 4.69) is 10.3 Å². The Morgan fingerprint density at radius 3 is 2.62 bits per heavy atom. The largest absolute Gasteiger partial charge is 0.621 e. The molecule has 0 bridgehead atoms. The van der Waals surface area contributed by atoms with Crippen molar-refractivity contribution in [3.8, 4) is 0 Å². The number of fused-ring (bicyclic) bond motifs is 2. The van der Waals surface area contributed by atoms with Gasteiger partial charge in [-0.2, -0.15) is 4.99 Å². The molecule has 0 spiro atoms. The van der Waals surface area contributed by atoms with Crippen molar-refractivity contribution >= 4 is 44.0 Å². The number of carbonyl (C=O) groups excluding carboxylic acids is 1. The molecule has 3 aliphatic rings. The van der Waals surface area contributed by atoms with Crippen LogP contribution in [0.15, 0.2) is 57.7 Å². The molecule has 0 aromatic heterocycles. The fourth-order valence-electron chi connectivity index (χ4n) is 6.03. The second kappa shape index (κ2) is 10.1. The predicted molar refractivity (Wildman–Crippen MR) is 146 cm³/mol. The summed E-state index contributed by atoms with van der Waals surface area (Å²) in [5.74, 6) is 0.457. The lowest BCUT2D eigenvalue weighted by molar-refractivity contribution is -0.786. The quantitative estimate of drug-likeness (QED) is 0.433. The molecular formula is C27H33ClN4O4S. The summed E-state index contributed by atoms with van der Waals surface area (Å²) in [5, 5.41) is 19.8. The van der Waals surface area contributed by atoms with Crippen molar-refractivity contribution in [3.63, 3.8) is 0 Å². The molecule has 5 rings (SSSR count). The number of piperazine rings is 1. The number of amides is 1. The van der Waals surface area contributed by atoms with E-state index in [1.54, 1.807) is 41.3 Å². The maximum Gasteiger partial charge on any atom is 0.223 e. The van der Waals surface area contributed by atoms with E-state index in [0.29, 0.717) is 43.5 Å². The van der Waals surface area contributed by atoms with Crippen LogP contribution in [0, 0.1) is 11.1 Å². The third-order valence-electron chi connectivity index (χ3n) is 8.08. The second-order valence-electron chi connectivity index (χ2n) is 10.2. The number of nitrogens with one attached hydrogen (secondary N) is 1. The molecule has 0 aliphatic carbocycles. The average molecular weight is 545 g/mol. The number of aliphatic imine (C=N–C) groups is 1. The van der Waals surface area contributed by atoms with E-state index in [-0.39, 0.29) is 34.9 Å². The number of hydrogen-bond donors (Lipinski definition) is 1. The fourth-order valence-corrected chi connectivity index (χ4v) is 7.47. The number of allylic oxidation sites excluding steroid dienone is 1. The van der Waals surface area contributed by atoms with Crippen LogP contribution in [0.1, 0.15) is 39.5 Å². The molecule has 3 heterocycles. The SMILES string of the molecule is CCC1=NC(C)=C2CNCC(C3CCN(C(=O)CCS(=O)(=O)c4ccc5cc(Cl)ccc5c4)CC3)[N+]12[O-]. The summed E-state index contributed by atoms with van der Waals surface area (Å²) in [5.41, 5.74) is 1.64. The van der Waals surface area contributed by atoms with Gasteiger partial charge in [-0.15, -0.1) is 0 Å². The topological polar surface area (TPSA) is 102 Å². The van der Waals surface area contributed by atoms with Gasteiger partial charge in [-0.05, 0) is 54.8 Å². The molecule has 2 saturated heterocycles. The monoisotopic (exact) mass is 544 g/mol. The Morgan fingerprint density at radius 1 is 1.19 bits per heavy atom. The summed E-state index contributed by atoms with van der Waals surface area (Å²) >= 11 is 6.02. The summed E-state index contributed by atoms with van der Waals surface area (Å²) in [6, 6.07) is 10.1. The van der Waals surface area contributed by atoms with Gasteiger partial charge >= 0.3 is 0 Å². The molecule has 2 aromatic carbocycles. The maximum atomic E-state index is 14.1. The van der Waals surface area contributed by atoms with E-state index in [4.69, 9.17) is 11.6 Å². The summed E-state index contributed by atoms with van der Waals surface area (Å²) in [6.07, 6.45) is 2.02. The van der Waals surface area contributed by atoms with Gasteiger partial charge in [-0.1, -0.05) is 30.7 Å². The zero-order valence-corrected chi connectivity index (χ0v) is 22.8. The lowest BCUT2D eigenvalue weighted by Crippen LogP contribution is -2.64. The number of halogens is 1. The number of hydrogen-bond acceptors (Lipinski definition) is 6. The Morgan fingerprint density at radius 2 is 1.89 bits per heavy atom. The molecule has 2 aromatic rings.